The van der Waals surface area contributed by atoms with E-state index in [1.807, 2.05) is 20.8 Å². The predicted molar refractivity (Wildman–Crippen MR) is 84.3 cm³/mol. The highest BCUT2D eigenvalue weighted by Gasteiger charge is 2.28. The molecule has 0 amide bonds. The van der Waals surface area contributed by atoms with Gasteiger partial charge in [0.25, 0.3) is 0 Å². The second kappa shape index (κ2) is 9.51. The van der Waals surface area contributed by atoms with E-state index < -0.39 is 25.6 Å². The summed E-state index contributed by atoms with van der Waals surface area (Å²) in [5.74, 6) is -0.0572. The van der Waals surface area contributed by atoms with Crippen molar-refractivity contribution in [2.45, 2.75) is 53.7 Å². The number of hydrogen-bond donors (Lipinski definition) is 1. The molecule has 0 aromatic carbocycles. The van der Waals surface area contributed by atoms with Gasteiger partial charge in [-0.15, -0.1) is 4.52 Å². The molecule has 0 rings (SSSR count). The van der Waals surface area contributed by atoms with Crippen LogP contribution in [0, 0.1) is 5.41 Å². The summed E-state index contributed by atoms with van der Waals surface area (Å²) in [6.07, 6.45) is -0.222. The summed E-state index contributed by atoms with van der Waals surface area (Å²) >= 11 is 1.15. The van der Waals surface area contributed by atoms with E-state index in [1.54, 1.807) is 20.8 Å². The third kappa shape index (κ3) is 9.96. The third-order valence-corrected chi connectivity index (χ3v) is 4.40. The Morgan fingerprint density at radius 3 is 2.29 bits per heavy atom. The second-order valence-corrected chi connectivity index (χ2v) is 7.91. The van der Waals surface area contributed by atoms with E-state index in [1.165, 1.54) is 0 Å². The summed E-state index contributed by atoms with van der Waals surface area (Å²) in [5, 5.41) is 2.58. The molecule has 8 heteroatoms. The van der Waals surface area contributed by atoms with E-state index in [-0.39, 0.29) is 17.8 Å². The highest BCUT2D eigenvalue weighted by molar-refractivity contribution is 8.13. The fourth-order valence-electron chi connectivity index (χ4n) is 1.05. The van der Waals surface area contributed by atoms with Gasteiger partial charge >= 0.3 is 14.1 Å². The zero-order valence-corrected chi connectivity index (χ0v) is 15.2. The first kappa shape index (κ1) is 20.5. The molecule has 0 aliphatic rings. The van der Waals surface area contributed by atoms with Gasteiger partial charge in [-0.2, -0.15) is 0 Å². The van der Waals surface area contributed by atoms with Crippen LogP contribution in [0.25, 0.3) is 0 Å². The topological polar surface area (TPSA) is 81.7 Å². The zero-order chi connectivity index (χ0) is 16.6. The van der Waals surface area contributed by atoms with Crippen molar-refractivity contribution in [2.24, 2.45) is 5.41 Å². The molecule has 1 unspecified atom stereocenters. The molecule has 6 nitrogen and oxygen atoms in total. The van der Waals surface area contributed by atoms with Crippen LogP contribution >= 0.6 is 19.9 Å². The summed E-state index contributed by atoms with van der Waals surface area (Å²) in [6.45, 7) is 10.7. The van der Waals surface area contributed by atoms with E-state index in [9.17, 15) is 14.2 Å². The SMILES string of the molecule is CC(C)OC(=O)[C@H](C)N[P+](=O)OCCSC(=O)C(C)(C)C. The Kier molecular flexibility index (Phi) is 9.29. The first-order chi connectivity index (χ1) is 9.54. The van der Waals surface area contributed by atoms with E-state index in [4.69, 9.17) is 9.26 Å². The van der Waals surface area contributed by atoms with Crippen LogP contribution in [-0.4, -0.2) is 35.6 Å². The van der Waals surface area contributed by atoms with Gasteiger partial charge in [0.1, 0.15) is 12.6 Å². The Morgan fingerprint density at radius 1 is 1.24 bits per heavy atom. The number of ether oxygens (including phenoxy) is 1. The van der Waals surface area contributed by atoms with Crippen LogP contribution in [0.2, 0.25) is 0 Å². The van der Waals surface area contributed by atoms with Crippen LogP contribution < -0.4 is 5.09 Å². The van der Waals surface area contributed by atoms with Crippen LogP contribution in [0.5, 0.6) is 0 Å². The molecular weight excluding hydrogens is 313 g/mol. The minimum atomic E-state index is -2.16. The van der Waals surface area contributed by atoms with Crippen LogP contribution in [0.15, 0.2) is 0 Å². The molecule has 0 radical (unpaired) electrons. The van der Waals surface area contributed by atoms with E-state index in [0.29, 0.717) is 5.75 Å². The number of thioether (sulfide) groups is 1. The number of hydrogen-bond acceptors (Lipinski definition) is 6. The molecular formula is C13H25NO5PS+. The minimum absolute atomic E-state index is 0.0585. The summed E-state index contributed by atoms with van der Waals surface area (Å²) in [6, 6.07) is -0.708. The van der Waals surface area contributed by atoms with Gasteiger partial charge in [0.15, 0.2) is 5.12 Å². The van der Waals surface area contributed by atoms with Crippen LogP contribution in [0.1, 0.15) is 41.5 Å². The standard InChI is InChI=1S/C13H25NO5PS/c1-9(2)19-11(15)10(3)14-20(17)18-7-8-21-12(16)13(4,5)6/h9-10H,7-8H2,1-6H3,(H,14,17)/q+1/t10-/m0/s1. The molecule has 0 heterocycles. The molecule has 0 fully saturated rings. The van der Waals surface area contributed by atoms with Gasteiger partial charge in [-0.3, -0.25) is 9.59 Å². The Hall–Kier alpha value is -0.490. The van der Waals surface area contributed by atoms with Gasteiger partial charge in [0, 0.05) is 11.2 Å². The lowest BCUT2D eigenvalue weighted by Crippen LogP contribution is -2.32. The van der Waals surface area contributed by atoms with Crippen LogP contribution in [0.3, 0.4) is 0 Å². The Balaban J connectivity index is 3.91. The fourth-order valence-corrected chi connectivity index (χ4v) is 2.72. The average molecular weight is 338 g/mol. The van der Waals surface area contributed by atoms with Gasteiger partial charge in [-0.05, 0) is 25.3 Å². The van der Waals surface area contributed by atoms with Gasteiger partial charge < -0.3 is 4.74 Å². The Morgan fingerprint density at radius 2 is 1.81 bits per heavy atom. The first-order valence-electron chi connectivity index (χ1n) is 6.78. The van der Waals surface area contributed by atoms with Gasteiger partial charge in [-0.25, -0.2) is 0 Å². The van der Waals surface area contributed by atoms with E-state index >= 15 is 0 Å². The predicted octanol–water partition coefficient (Wildman–Crippen LogP) is 2.90. The molecule has 0 aromatic heterocycles. The summed E-state index contributed by atoms with van der Waals surface area (Å²) in [7, 11) is -2.16. The van der Waals surface area contributed by atoms with Crippen molar-refractivity contribution >= 4 is 31.0 Å². The lowest BCUT2D eigenvalue weighted by Gasteiger charge is -2.14. The molecule has 0 spiro atoms. The summed E-state index contributed by atoms with van der Waals surface area (Å²) < 4.78 is 21.6. The molecule has 0 bridgehead atoms. The first-order valence-corrected chi connectivity index (χ1v) is 8.94. The van der Waals surface area contributed by atoms with Gasteiger partial charge in [0.2, 0.25) is 0 Å². The molecule has 1 N–H and O–H groups in total. The molecule has 0 saturated heterocycles. The number of rotatable bonds is 8. The highest BCUT2D eigenvalue weighted by Crippen LogP contribution is 2.24. The summed E-state index contributed by atoms with van der Waals surface area (Å²) in [4.78, 5) is 23.1. The van der Waals surface area contributed by atoms with Crippen molar-refractivity contribution in [1.82, 2.24) is 5.09 Å². The Bertz CT molecular complexity index is 381. The zero-order valence-electron chi connectivity index (χ0n) is 13.5. The van der Waals surface area contributed by atoms with Crippen molar-refractivity contribution in [2.75, 3.05) is 12.4 Å². The van der Waals surface area contributed by atoms with E-state index in [2.05, 4.69) is 5.09 Å². The molecule has 122 valence electrons. The normalized spacial score (nSPS) is 14.0. The number of esters is 1. The quantitative estimate of drug-likeness (QED) is 0.414. The van der Waals surface area contributed by atoms with Gasteiger partial charge in [-0.1, -0.05) is 37.6 Å². The molecule has 0 aromatic rings. The van der Waals surface area contributed by atoms with Crippen LogP contribution in [-0.2, 0) is 23.4 Å². The maximum Gasteiger partial charge on any atom is 0.613 e. The smallest absolute Gasteiger partial charge is 0.462 e. The molecule has 2 atom stereocenters. The Labute approximate surface area is 131 Å². The highest BCUT2D eigenvalue weighted by atomic mass is 32.2. The van der Waals surface area contributed by atoms with Gasteiger partial charge in [0.05, 0.1) is 6.10 Å². The third-order valence-electron chi connectivity index (χ3n) is 2.14. The second-order valence-electron chi connectivity index (χ2n) is 5.81. The minimum Gasteiger partial charge on any atom is -0.462 e. The average Bonchev–Trinajstić information content (AvgIpc) is 2.32. The van der Waals surface area contributed by atoms with E-state index in [0.717, 1.165) is 11.8 Å². The number of carbonyl (C=O) groups excluding carboxylic acids is 2. The molecule has 0 saturated carbocycles. The monoisotopic (exact) mass is 338 g/mol. The molecule has 0 aliphatic heterocycles. The maximum absolute atomic E-state index is 11.6. The summed E-state index contributed by atoms with van der Waals surface area (Å²) in [5.41, 5.74) is -0.403. The van der Waals surface area contributed by atoms with Crippen molar-refractivity contribution in [1.29, 1.82) is 0 Å². The number of nitrogens with one attached hydrogen (secondary N) is 1. The lowest BCUT2D eigenvalue weighted by atomic mass is 10.00. The van der Waals surface area contributed by atoms with Crippen LogP contribution in [0.4, 0.5) is 0 Å². The largest absolute Gasteiger partial charge is 0.613 e. The fraction of sp³-hybridized carbons (Fsp3) is 0.846. The van der Waals surface area contributed by atoms with Crippen molar-refractivity contribution in [3.8, 4) is 0 Å². The molecule has 21 heavy (non-hydrogen) atoms. The van der Waals surface area contributed by atoms with Crippen molar-refractivity contribution in [3.05, 3.63) is 0 Å². The van der Waals surface area contributed by atoms with Crippen molar-refractivity contribution < 1.29 is 23.4 Å². The van der Waals surface area contributed by atoms with Crippen molar-refractivity contribution in [3.63, 3.8) is 0 Å². The number of carbonyl (C=O) groups is 2. The lowest BCUT2D eigenvalue weighted by molar-refractivity contribution is -0.149. The molecule has 0 aliphatic carbocycles. The maximum atomic E-state index is 11.6.